The van der Waals surface area contributed by atoms with E-state index in [9.17, 15) is 9.59 Å². The number of carbonyl (C=O) groups is 2. The van der Waals surface area contributed by atoms with Crippen molar-refractivity contribution in [3.05, 3.63) is 36.0 Å². The van der Waals surface area contributed by atoms with Crippen molar-refractivity contribution >= 4 is 28.5 Å². The summed E-state index contributed by atoms with van der Waals surface area (Å²) in [6, 6.07) is 6.62. The van der Waals surface area contributed by atoms with Gasteiger partial charge in [-0.1, -0.05) is 17.3 Å². The number of hydrogen-bond acceptors (Lipinski definition) is 4. The maximum atomic E-state index is 11.0. The summed E-state index contributed by atoms with van der Waals surface area (Å²) in [4.78, 5) is 21.5. The SMILES string of the molecule is O=C(O)/C=C(\C(=O)O)c1noc2ccccc12. The third kappa shape index (κ3) is 2.00. The van der Waals surface area contributed by atoms with Crippen molar-refractivity contribution in [1.82, 2.24) is 5.16 Å². The Kier molecular flexibility index (Phi) is 2.61. The number of rotatable bonds is 3. The van der Waals surface area contributed by atoms with Gasteiger partial charge >= 0.3 is 11.9 Å². The normalized spacial score (nSPS) is 11.6. The Hall–Kier alpha value is -2.63. The Morgan fingerprint density at radius 3 is 2.59 bits per heavy atom. The van der Waals surface area contributed by atoms with E-state index in [1.807, 2.05) is 0 Å². The number of hydrogen-bond donors (Lipinski definition) is 2. The van der Waals surface area contributed by atoms with Crippen LogP contribution in [0.15, 0.2) is 34.9 Å². The lowest BCUT2D eigenvalue weighted by Crippen LogP contribution is -2.03. The molecule has 0 radical (unpaired) electrons. The smallest absolute Gasteiger partial charge is 0.338 e. The van der Waals surface area contributed by atoms with Gasteiger partial charge in [-0.15, -0.1) is 0 Å². The average molecular weight is 233 g/mol. The van der Waals surface area contributed by atoms with E-state index in [0.29, 0.717) is 17.0 Å². The first-order valence-electron chi connectivity index (χ1n) is 4.62. The van der Waals surface area contributed by atoms with Gasteiger partial charge in [0.25, 0.3) is 0 Å². The van der Waals surface area contributed by atoms with Gasteiger partial charge in [-0.25, -0.2) is 9.59 Å². The summed E-state index contributed by atoms with van der Waals surface area (Å²) < 4.78 is 4.91. The molecule has 2 aromatic rings. The van der Waals surface area contributed by atoms with E-state index in [-0.39, 0.29) is 5.69 Å². The molecule has 0 bridgehead atoms. The molecule has 2 N–H and O–H groups in total. The summed E-state index contributed by atoms with van der Waals surface area (Å²) in [6.45, 7) is 0. The van der Waals surface area contributed by atoms with Crippen molar-refractivity contribution in [2.45, 2.75) is 0 Å². The Morgan fingerprint density at radius 1 is 1.24 bits per heavy atom. The van der Waals surface area contributed by atoms with E-state index in [1.54, 1.807) is 24.3 Å². The molecule has 0 aliphatic rings. The number of para-hydroxylation sites is 1. The lowest BCUT2D eigenvalue weighted by molar-refractivity contribution is -0.133. The zero-order valence-corrected chi connectivity index (χ0v) is 8.45. The molecule has 6 heteroatoms. The molecule has 0 fully saturated rings. The zero-order valence-electron chi connectivity index (χ0n) is 8.45. The molecule has 1 aromatic heterocycles. The Bertz CT molecular complexity index is 626. The number of fused-ring (bicyclic) bond motifs is 1. The van der Waals surface area contributed by atoms with E-state index in [2.05, 4.69) is 5.16 Å². The van der Waals surface area contributed by atoms with E-state index in [4.69, 9.17) is 14.7 Å². The van der Waals surface area contributed by atoms with Gasteiger partial charge in [-0.2, -0.15) is 0 Å². The van der Waals surface area contributed by atoms with Gasteiger partial charge in [0, 0.05) is 11.5 Å². The second-order valence-electron chi connectivity index (χ2n) is 3.23. The number of aliphatic carboxylic acids is 2. The molecule has 0 saturated heterocycles. The lowest BCUT2D eigenvalue weighted by Gasteiger charge is -1.96. The lowest BCUT2D eigenvalue weighted by atomic mass is 10.1. The van der Waals surface area contributed by atoms with Crippen LogP contribution in [0.3, 0.4) is 0 Å². The molecule has 0 unspecified atom stereocenters. The molecule has 0 aliphatic heterocycles. The van der Waals surface area contributed by atoms with E-state index < -0.39 is 17.5 Å². The van der Waals surface area contributed by atoms with Crippen LogP contribution in [0.4, 0.5) is 0 Å². The Balaban J connectivity index is 2.65. The van der Waals surface area contributed by atoms with E-state index in [1.165, 1.54) is 0 Å². The fourth-order valence-electron chi connectivity index (χ4n) is 1.43. The first kappa shape index (κ1) is 10.9. The van der Waals surface area contributed by atoms with Crippen LogP contribution < -0.4 is 0 Å². The molecular formula is C11H7NO5. The summed E-state index contributed by atoms with van der Waals surface area (Å²) in [7, 11) is 0. The molecule has 1 heterocycles. The van der Waals surface area contributed by atoms with Gasteiger partial charge < -0.3 is 14.7 Å². The van der Waals surface area contributed by atoms with Crippen molar-refractivity contribution in [3.8, 4) is 0 Å². The molecule has 86 valence electrons. The Labute approximate surface area is 94.8 Å². The summed E-state index contributed by atoms with van der Waals surface area (Å²) in [5.74, 6) is -2.72. The maximum Gasteiger partial charge on any atom is 0.338 e. The second kappa shape index (κ2) is 4.09. The molecule has 17 heavy (non-hydrogen) atoms. The number of nitrogens with zero attached hydrogens (tertiary/aromatic N) is 1. The van der Waals surface area contributed by atoms with Crippen molar-refractivity contribution in [2.24, 2.45) is 0 Å². The third-order valence-corrected chi connectivity index (χ3v) is 2.13. The number of carboxylic acid groups (broad SMARTS) is 2. The molecule has 0 spiro atoms. The number of benzene rings is 1. The molecular weight excluding hydrogens is 226 g/mol. The minimum atomic E-state index is -1.37. The van der Waals surface area contributed by atoms with Gasteiger partial charge in [0.15, 0.2) is 5.58 Å². The molecule has 2 rings (SSSR count). The highest BCUT2D eigenvalue weighted by molar-refractivity contribution is 6.21. The van der Waals surface area contributed by atoms with Crippen LogP contribution in [0.2, 0.25) is 0 Å². The van der Waals surface area contributed by atoms with E-state index in [0.717, 1.165) is 0 Å². The third-order valence-electron chi connectivity index (χ3n) is 2.13. The largest absolute Gasteiger partial charge is 0.478 e. The van der Waals surface area contributed by atoms with Crippen LogP contribution in [0, 0.1) is 0 Å². The topological polar surface area (TPSA) is 101 Å². The van der Waals surface area contributed by atoms with Crippen LogP contribution in [-0.4, -0.2) is 27.3 Å². The first-order chi connectivity index (χ1) is 8.09. The molecule has 0 amide bonds. The highest BCUT2D eigenvalue weighted by Gasteiger charge is 2.19. The maximum absolute atomic E-state index is 11.0. The van der Waals surface area contributed by atoms with Crippen molar-refractivity contribution in [1.29, 1.82) is 0 Å². The highest BCUT2D eigenvalue weighted by Crippen LogP contribution is 2.24. The summed E-state index contributed by atoms with van der Waals surface area (Å²) in [5.41, 5.74) is -0.00186. The molecule has 0 saturated carbocycles. The van der Waals surface area contributed by atoms with Crippen LogP contribution >= 0.6 is 0 Å². The van der Waals surface area contributed by atoms with Gasteiger partial charge in [0.05, 0.1) is 5.57 Å². The summed E-state index contributed by atoms with van der Waals surface area (Å²) in [5, 5.41) is 21.6. The predicted octanol–water partition coefficient (Wildman–Crippen LogP) is 1.38. The highest BCUT2D eigenvalue weighted by atomic mass is 16.5. The van der Waals surface area contributed by atoms with Crippen molar-refractivity contribution in [3.63, 3.8) is 0 Å². The Morgan fingerprint density at radius 2 is 1.94 bits per heavy atom. The summed E-state index contributed by atoms with van der Waals surface area (Å²) >= 11 is 0. The average Bonchev–Trinajstić information content (AvgIpc) is 2.69. The van der Waals surface area contributed by atoms with Crippen LogP contribution in [0.5, 0.6) is 0 Å². The second-order valence-corrected chi connectivity index (χ2v) is 3.23. The minimum Gasteiger partial charge on any atom is -0.478 e. The van der Waals surface area contributed by atoms with Crippen LogP contribution in [-0.2, 0) is 9.59 Å². The van der Waals surface area contributed by atoms with E-state index >= 15 is 0 Å². The van der Waals surface area contributed by atoms with Crippen molar-refractivity contribution < 1.29 is 24.3 Å². The first-order valence-corrected chi connectivity index (χ1v) is 4.62. The molecule has 6 nitrogen and oxygen atoms in total. The van der Waals surface area contributed by atoms with Gasteiger partial charge in [0.2, 0.25) is 0 Å². The quantitative estimate of drug-likeness (QED) is 0.776. The fourth-order valence-corrected chi connectivity index (χ4v) is 1.43. The number of aromatic nitrogens is 1. The predicted molar refractivity (Wildman–Crippen MR) is 57.3 cm³/mol. The standard InChI is InChI=1S/C11H7NO5/c13-9(14)5-7(11(15)16)10-6-3-1-2-4-8(6)17-12-10/h1-5H,(H,13,14)(H,15,16)/b7-5-. The molecule has 1 aromatic carbocycles. The minimum absolute atomic E-state index is 0.00972. The number of carboxylic acids is 2. The van der Waals surface area contributed by atoms with Crippen LogP contribution in [0.1, 0.15) is 5.69 Å². The van der Waals surface area contributed by atoms with Gasteiger partial charge in [0.1, 0.15) is 5.69 Å². The molecule has 0 atom stereocenters. The monoisotopic (exact) mass is 233 g/mol. The van der Waals surface area contributed by atoms with Crippen molar-refractivity contribution in [2.75, 3.05) is 0 Å². The van der Waals surface area contributed by atoms with Gasteiger partial charge in [-0.3, -0.25) is 0 Å². The van der Waals surface area contributed by atoms with Gasteiger partial charge in [-0.05, 0) is 12.1 Å². The summed E-state index contributed by atoms with van der Waals surface area (Å²) in [6.07, 6.45) is 0.590. The zero-order chi connectivity index (χ0) is 12.4. The van der Waals surface area contributed by atoms with Crippen LogP contribution in [0.25, 0.3) is 16.5 Å². The molecule has 0 aliphatic carbocycles. The fraction of sp³-hybridized carbons (Fsp3) is 0.